The Morgan fingerprint density at radius 2 is 2.00 bits per heavy atom. The zero-order chi connectivity index (χ0) is 21.9. The monoisotopic (exact) mass is 425 g/mol. The summed E-state index contributed by atoms with van der Waals surface area (Å²) in [5, 5.41) is 17.0. The quantitative estimate of drug-likeness (QED) is 0.465. The molecule has 1 aromatic heterocycles. The Labute approximate surface area is 173 Å². The Hall–Kier alpha value is -2.68. The Kier molecular flexibility index (Phi) is 6.30. The minimum atomic E-state index is -4.74. The number of para-hydroxylation sites is 1. The van der Waals surface area contributed by atoms with E-state index in [0.717, 1.165) is 0 Å². The molecule has 1 fully saturated rings. The lowest BCUT2D eigenvalue weighted by Gasteiger charge is -2.20. The highest BCUT2D eigenvalue weighted by atomic mass is 19.4. The highest BCUT2D eigenvalue weighted by molar-refractivity contribution is 5.80. The van der Waals surface area contributed by atoms with Gasteiger partial charge in [0.2, 0.25) is 0 Å². The predicted octanol–water partition coefficient (Wildman–Crippen LogP) is 3.81. The highest BCUT2D eigenvalue weighted by Crippen LogP contribution is 2.45. The number of rotatable bonds is 7. The van der Waals surface area contributed by atoms with Crippen molar-refractivity contribution in [1.29, 1.82) is 0 Å². The molecule has 1 heterocycles. The van der Waals surface area contributed by atoms with E-state index in [9.17, 15) is 18.3 Å². The van der Waals surface area contributed by atoms with Gasteiger partial charge in [-0.1, -0.05) is 18.2 Å². The number of benzene rings is 1. The van der Waals surface area contributed by atoms with Crippen LogP contribution in [0.25, 0.3) is 0 Å². The number of aliphatic hydroxyl groups is 1. The SMILES string of the molecule is CCNC(=NCC(C)(O)c1ccc(C)o1)NC1CC1c1ccccc1OC(F)(F)F. The van der Waals surface area contributed by atoms with Gasteiger partial charge in [-0.25, -0.2) is 4.99 Å². The average molecular weight is 425 g/mol. The maximum absolute atomic E-state index is 12.7. The number of nitrogens with one attached hydrogen (secondary N) is 2. The summed E-state index contributed by atoms with van der Waals surface area (Å²) in [4.78, 5) is 4.43. The van der Waals surface area contributed by atoms with E-state index in [2.05, 4.69) is 20.4 Å². The molecule has 164 valence electrons. The third-order valence-electron chi connectivity index (χ3n) is 4.82. The molecule has 1 aromatic carbocycles. The summed E-state index contributed by atoms with van der Waals surface area (Å²) in [5.41, 5.74) is -0.784. The smallest absolute Gasteiger partial charge is 0.463 e. The van der Waals surface area contributed by atoms with Gasteiger partial charge in [0, 0.05) is 18.5 Å². The van der Waals surface area contributed by atoms with Crippen LogP contribution in [0.1, 0.15) is 43.3 Å². The van der Waals surface area contributed by atoms with Crippen LogP contribution in [-0.2, 0) is 5.60 Å². The summed E-state index contributed by atoms with van der Waals surface area (Å²) in [7, 11) is 0. The molecule has 1 aliphatic rings. The average Bonchev–Trinajstić information content (AvgIpc) is 3.26. The van der Waals surface area contributed by atoms with Crippen molar-refractivity contribution in [1.82, 2.24) is 10.6 Å². The summed E-state index contributed by atoms with van der Waals surface area (Å²) in [6.07, 6.45) is -4.09. The van der Waals surface area contributed by atoms with E-state index >= 15 is 0 Å². The lowest BCUT2D eigenvalue weighted by Crippen LogP contribution is -2.40. The van der Waals surface area contributed by atoms with Crippen LogP contribution < -0.4 is 15.4 Å². The van der Waals surface area contributed by atoms with E-state index in [4.69, 9.17) is 4.42 Å². The van der Waals surface area contributed by atoms with Crippen molar-refractivity contribution in [3.8, 4) is 5.75 Å². The van der Waals surface area contributed by atoms with E-state index in [0.29, 0.717) is 36.0 Å². The third-order valence-corrected chi connectivity index (χ3v) is 4.82. The molecule has 1 saturated carbocycles. The van der Waals surface area contributed by atoms with Crippen molar-refractivity contribution in [2.24, 2.45) is 4.99 Å². The van der Waals surface area contributed by atoms with Crippen molar-refractivity contribution in [2.75, 3.05) is 13.1 Å². The molecular formula is C21H26F3N3O3. The largest absolute Gasteiger partial charge is 0.573 e. The van der Waals surface area contributed by atoms with E-state index in [1.807, 2.05) is 6.92 Å². The first kappa shape index (κ1) is 22.0. The fourth-order valence-corrected chi connectivity index (χ4v) is 3.23. The van der Waals surface area contributed by atoms with Gasteiger partial charge in [-0.05, 0) is 51.0 Å². The Morgan fingerprint density at radius 1 is 1.27 bits per heavy atom. The molecule has 0 saturated heterocycles. The topological polar surface area (TPSA) is 79.0 Å². The number of nitrogens with zero attached hydrogens (tertiary/aromatic N) is 1. The zero-order valence-electron chi connectivity index (χ0n) is 17.1. The van der Waals surface area contributed by atoms with E-state index in [1.165, 1.54) is 12.1 Å². The molecule has 0 aliphatic heterocycles. The normalized spacial score (nSPS) is 21.1. The Balaban J connectivity index is 1.67. The number of furan rings is 1. The third kappa shape index (κ3) is 5.69. The van der Waals surface area contributed by atoms with Crippen molar-refractivity contribution in [3.05, 3.63) is 53.5 Å². The van der Waals surface area contributed by atoms with Crippen LogP contribution in [0.5, 0.6) is 5.75 Å². The summed E-state index contributed by atoms with van der Waals surface area (Å²) in [6, 6.07) is 9.56. The standard InChI is InChI=1S/C21H26F3N3O3/c1-4-25-19(26-12-20(3,28)18-10-9-13(2)29-18)27-16-11-15(16)14-7-5-6-8-17(14)30-21(22,23)24/h5-10,15-16,28H,4,11-12H2,1-3H3,(H2,25,26,27). The van der Waals surface area contributed by atoms with Crippen molar-refractivity contribution in [2.45, 2.75) is 51.1 Å². The Morgan fingerprint density at radius 3 is 2.63 bits per heavy atom. The summed E-state index contributed by atoms with van der Waals surface area (Å²) < 4.78 is 47.7. The molecule has 3 N–H and O–H groups in total. The fourth-order valence-electron chi connectivity index (χ4n) is 3.23. The maximum atomic E-state index is 12.7. The number of alkyl halides is 3. The van der Waals surface area contributed by atoms with Crippen LogP contribution in [0.3, 0.4) is 0 Å². The van der Waals surface area contributed by atoms with Gasteiger partial charge in [0.15, 0.2) is 5.96 Å². The second-order valence-electron chi connectivity index (χ2n) is 7.56. The molecule has 1 aliphatic carbocycles. The second-order valence-corrected chi connectivity index (χ2v) is 7.56. The van der Waals surface area contributed by atoms with Gasteiger partial charge in [0.05, 0.1) is 6.54 Å². The van der Waals surface area contributed by atoms with Gasteiger partial charge in [-0.2, -0.15) is 0 Å². The first-order valence-electron chi connectivity index (χ1n) is 9.78. The number of ether oxygens (including phenoxy) is 1. The molecule has 2 aromatic rings. The van der Waals surface area contributed by atoms with Crippen molar-refractivity contribution >= 4 is 5.96 Å². The minimum Gasteiger partial charge on any atom is -0.463 e. The first-order chi connectivity index (χ1) is 14.1. The molecule has 0 radical (unpaired) electrons. The first-order valence-corrected chi connectivity index (χ1v) is 9.78. The molecule has 3 rings (SSSR count). The van der Waals surface area contributed by atoms with Crippen LogP contribution >= 0.6 is 0 Å². The zero-order valence-corrected chi connectivity index (χ0v) is 17.1. The van der Waals surface area contributed by atoms with Gasteiger partial charge in [0.25, 0.3) is 0 Å². The number of hydrogen-bond acceptors (Lipinski definition) is 4. The van der Waals surface area contributed by atoms with E-state index in [1.54, 1.807) is 38.1 Å². The van der Waals surface area contributed by atoms with Gasteiger partial charge in [-0.3, -0.25) is 0 Å². The van der Waals surface area contributed by atoms with Gasteiger partial charge >= 0.3 is 6.36 Å². The van der Waals surface area contributed by atoms with Crippen LogP contribution in [-0.4, -0.2) is 36.6 Å². The van der Waals surface area contributed by atoms with Gasteiger partial charge in [-0.15, -0.1) is 13.2 Å². The number of aryl methyl sites for hydroxylation is 1. The van der Waals surface area contributed by atoms with Gasteiger partial charge in [0.1, 0.15) is 22.9 Å². The van der Waals surface area contributed by atoms with E-state index in [-0.39, 0.29) is 24.3 Å². The van der Waals surface area contributed by atoms with Crippen molar-refractivity contribution < 1.29 is 27.4 Å². The number of halogens is 3. The lowest BCUT2D eigenvalue weighted by atomic mass is 10.0. The van der Waals surface area contributed by atoms with Crippen molar-refractivity contribution in [3.63, 3.8) is 0 Å². The highest BCUT2D eigenvalue weighted by Gasteiger charge is 2.42. The summed E-state index contributed by atoms with van der Waals surface area (Å²) >= 11 is 0. The van der Waals surface area contributed by atoms with Crippen LogP contribution in [0.2, 0.25) is 0 Å². The number of aliphatic imine (C=N–C) groups is 1. The molecule has 6 nitrogen and oxygen atoms in total. The molecule has 30 heavy (non-hydrogen) atoms. The van der Waals surface area contributed by atoms with Gasteiger partial charge < -0.3 is 24.9 Å². The molecule has 0 bridgehead atoms. The van der Waals surface area contributed by atoms with E-state index < -0.39 is 12.0 Å². The summed E-state index contributed by atoms with van der Waals surface area (Å²) in [5.74, 6) is 1.28. The molecule has 3 atom stereocenters. The summed E-state index contributed by atoms with van der Waals surface area (Å²) in [6.45, 7) is 5.96. The number of hydrogen-bond donors (Lipinski definition) is 3. The molecule has 9 heteroatoms. The lowest BCUT2D eigenvalue weighted by molar-refractivity contribution is -0.274. The second kappa shape index (κ2) is 8.59. The van der Waals surface area contributed by atoms with Crippen LogP contribution in [0.15, 0.2) is 45.8 Å². The number of guanidine groups is 1. The minimum absolute atomic E-state index is 0.0560. The molecule has 0 amide bonds. The Bertz CT molecular complexity index is 893. The molecule has 3 unspecified atom stereocenters. The van der Waals surface area contributed by atoms with Crippen LogP contribution in [0, 0.1) is 6.92 Å². The maximum Gasteiger partial charge on any atom is 0.573 e. The van der Waals surface area contributed by atoms with Crippen LogP contribution in [0.4, 0.5) is 13.2 Å². The fraction of sp³-hybridized carbons (Fsp3) is 0.476. The predicted molar refractivity (Wildman–Crippen MR) is 106 cm³/mol. The molecular weight excluding hydrogens is 399 g/mol. The molecule has 0 spiro atoms.